The predicted octanol–water partition coefficient (Wildman–Crippen LogP) is 2.62. The maximum Gasteiger partial charge on any atom is 0.159 e. The van der Waals surface area contributed by atoms with Gasteiger partial charge >= 0.3 is 0 Å². The first-order chi connectivity index (χ1) is 8.63. The number of nitrogens with two attached hydrogens (primary N) is 1. The van der Waals surface area contributed by atoms with Gasteiger partial charge in [0, 0.05) is 12.0 Å². The average molecular weight is 255 g/mol. The van der Waals surface area contributed by atoms with Crippen molar-refractivity contribution in [1.29, 1.82) is 0 Å². The van der Waals surface area contributed by atoms with Crippen LogP contribution in [0.5, 0.6) is 0 Å². The monoisotopic (exact) mass is 255 g/mol. The molecule has 1 aliphatic carbocycles. The minimum Gasteiger partial charge on any atom is -0.392 e. The summed E-state index contributed by atoms with van der Waals surface area (Å²) < 4.78 is 26.7. The molecule has 1 aliphatic rings. The van der Waals surface area contributed by atoms with E-state index in [2.05, 4.69) is 0 Å². The Labute approximate surface area is 106 Å². The number of benzene rings is 1. The molecule has 2 nitrogen and oxygen atoms in total. The fraction of sp³-hybridized carbons (Fsp3) is 0.571. The first-order valence-electron chi connectivity index (χ1n) is 6.42. The lowest BCUT2D eigenvalue weighted by Crippen LogP contribution is -2.38. The lowest BCUT2D eigenvalue weighted by atomic mass is 9.68. The van der Waals surface area contributed by atoms with Gasteiger partial charge in [0.2, 0.25) is 0 Å². The second kappa shape index (κ2) is 5.33. The lowest BCUT2D eigenvalue weighted by Gasteiger charge is -2.38. The van der Waals surface area contributed by atoms with Crippen LogP contribution in [0.1, 0.15) is 43.2 Å². The van der Waals surface area contributed by atoms with Crippen LogP contribution in [-0.2, 0) is 12.0 Å². The van der Waals surface area contributed by atoms with Gasteiger partial charge in [0.1, 0.15) is 0 Å². The van der Waals surface area contributed by atoms with Gasteiger partial charge in [-0.3, -0.25) is 0 Å². The van der Waals surface area contributed by atoms with Crippen molar-refractivity contribution < 1.29 is 13.9 Å². The number of halogens is 2. The van der Waals surface area contributed by atoms with E-state index in [1.807, 2.05) is 0 Å². The van der Waals surface area contributed by atoms with Gasteiger partial charge in [0.15, 0.2) is 11.6 Å². The van der Waals surface area contributed by atoms with E-state index >= 15 is 0 Å². The van der Waals surface area contributed by atoms with E-state index in [0.717, 1.165) is 38.2 Å². The highest BCUT2D eigenvalue weighted by molar-refractivity contribution is 5.36. The largest absolute Gasteiger partial charge is 0.392 e. The minimum absolute atomic E-state index is 0.283. The summed E-state index contributed by atoms with van der Waals surface area (Å²) in [5.41, 5.74) is 6.73. The van der Waals surface area contributed by atoms with Gasteiger partial charge in [-0.1, -0.05) is 19.3 Å². The molecule has 0 amide bonds. The number of hydrogen-bond donors (Lipinski definition) is 2. The van der Waals surface area contributed by atoms with E-state index in [1.54, 1.807) is 0 Å². The van der Waals surface area contributed by atoms with E-state index in [4.69, 9.17) is 5.73 Å². The molecule has 0 spiro atoms. The summed E-state index contributed by atoms with van der Waals surface area (Å²) >= 11 is 0. The second-order valence-corrected chi connectivity index (χ2v) is 5.13. The fourth-order valence-electron chi connectivity index (χ4n) is 3.02. The Hall–Kier alpha value is -1.00. The summed E-state index contributed by atoms with van der Waals surface area (Å²) in [5.74, 6) is -1.77. The van der Waals surface area contributed by atoms with Crippen molar-refractivity contribution in [3.8, 4) is 0 Å². The highest BCUT2D eigenvalue weighted by Crippen LogP contribution is 2.40. The van der Waals surface area contributed by atoms with Crippen molar-refractivity contribution in [1.82, 2.24) is 0 Å². The van der Waals surface area contributed by atoms with Crippen LogP contribution < -0.4 is 5.73 Å². The molecule has 3 N–H and O–H groups in total. The van der Waals surface area contributed by atoms with E-state index < -0.39 is 11.6 Å². The van der Waals surface area contributed by atoms with Crippen LogP contribution in [0.2, 0.25) is 0 Å². The molecule has 4 heteroatoms. The summed E-state index contributed by atoms with van der Waals surface area (Å²) in [5, 5.41) is 9.34. The average Bonchev–Trinajstić information content (AvgIpc) is 2.42. The quantitative estimate of drug-likeness (QED) is 0.872. The Morgan fingerprint density at radius 3 is 2.28 bits per heavy atom. The van der Waals surface area contributed by atoms with Gasteiger partial charge in [-0.2, -0.15) is 0 Å². The maximum absolute atomic E-state index is 13.5. The SMILES string of the molecule is NCC1(c2cc(F)c(F)cc2CO)CCCCC1. The minimum atomic E-state index is -0.911. The smallest absolute Gasteiger partial charge is 0.159 e. The van der Waals surface area contributed by atoms with Gasteiger partial charge in [-0.15, -0.1) is 0 Å². The van der Waals surface area contributed by atoms with Crippen molar-refractivity contribution in [2.75, 3.05) is 6.54 Å². The molecule has 0 unspecified atom stereocenters. The molecule has 1 fully saturated rings. The van der Waals surface area contributed by atoms with Gasteiger partial charge in [0.05, 0.1) is 6.61 Å². The molecule has 0 heterocycles. The number of aliphatic hydroxyl groups is 1. The maximum atomic E-state index is 13.5. The van der Waals surface area contributed by atoms with Crippen LogP contribution in [0.15, 0.2) is 12.1 Å². The molecule has 0 bridgehead atoms. The van der Waals surface area contributed by atoms with E-state index in [1.165, 1.54) is 6.07 Å². The molecule has 1 aromatic carbocycles. The van der Waals surface area contributed by atoms with Gasteiger partial charge in [-0.25, -0.2) is 8.78 Å². The van der Waals surface area contributed by atoms with Crippen LogP contribution in [0.3, 0.4) is 0 Å². The molecular formula is C14H19F2NO. The molecule has 0 atom stereocenters. The Kier molecular flexibility index (Phi) is 3.97. The van der Waals surface area contributed by atoms with E-state index in [9.17, 15) is 13.9 Å². The molecule has 2 rings (SSSR count). The number of rotatable bonds is 3. The fourth-order valence-corrected chi connectivity index (χ4v) is 3.02. The van der Waals surface area contributed by atoms with Crippen LogP contribution >= 0.6 is 0 Å². The lowest BCUT2D eigenvalue weighted by molar-refractivity contribution is 0.262. The van der Waals surface area contributed by atoms with E-state index in [-0.39, 0.29) is 12.0 Å². The molecule has 100 valence electrons. The third-order valence-electron chi connectivity index (χ3n) is 4.09. The highest BCUT2D eigenvalue weighted by atomic mass is 19.2. The van der Waals surface area contributed by atoms with Crippen molar-refractivity contribution in [3.63, 3.8) is 0 Å². The van der Waals surface area contributed by atoms with Crippen LogP contribution in [-0.4, -0.2) is 11.7 Å². The zero-order chi connectivity index (χ0) is 13.2. The third kappa shape index (κ3) is 2.27. The Morgan fingerprint density at radius 1 is 1.11 bits per heavy atom. The molecule has 1 aromatic rings. The summed E-state index contributed by atoms with van der Waals surface area (Å²) in [4.78, 5) is 0. The van der Waals surface area contributed by atoms with Crippen LogP contribution in [0.4, 0.5) is 8.78 Å². The number of hydrogen-bond acceptors (Lipinski definition) is 2. The molecule has 18 heavy (non-hydrogen) atoms. The first kappa shape index (κ1) is 13.4. The van der Waals surface area contributed by atoms with Crippen molar-refractivity contribution in [3.05, 3.63) is 34.9 Å². The van der Waals surface area contributed by atoms with Gasteiger partial charge < -0.3 is 10.8 Å². The molecule has 0 radical (unpaired) electrons. The summed E-state index contributed by atoms with van der Waals surface area (Å²) in [7, 11) is 0. The van der Waals surface area contributed by atoms with Gasteiger partial charge in [-0.05, 0) is 36.1 Å². The third-order valence-corrected chi connectivity index (χ3v) is 4.09. The summed E-state index contributed by atoms with van der Waals surface area (Å²) in [6.45, 7) is 0.124. The predicted molar refractivity (Wildman–Crippen MR) is 66.1 cm³/mol. The normalized spacial score (nSPS) is 18.9. The Bertz CT molecular complexity index is 428. The Morgan fingerprint density at radius 2 is 1.72 bits per heavy atom. The molecule has 1 saturated carbocycles. The zero-order valence-electron chi connectivity index (χ0n) is 10.4. The molecule has 0 saturated heterocycles. The highest BCUT2D eigenvalue weighted by Gasteiger charge is 2.35. The van der Waals surface area contributed by atoms with Crippen molar-refractivity contribution in [2.45, 2.75) is 44.1 Å². The molecular weight excluding hydrogens is 236 g/mol. The van der Waals surface area contributed by atoms with Crippen molar-refractivity contribution in [2.24, 2.45) is 5.73 Å². The summed E-state index contributed by atoms with van der Waals surface area (Å²) in [6.07, 6.45) is 4.99. The summed E-state index contributed by atoms with van der Waals surface area (Å²) in [6, 6.07) is 2.32. The van der Waals surface area contributed by atoms with Crippen LogP contribution in [0.25, 0.3) is 0 Å². The topological polar surface area (TPSA) is 46.2 Å². The van der Waals surface area contributed by atoms with E-state index in [0.29, 0.717) is 17.7 Å². The second-order valence-electron chi connectivity index (χ2n) is 5.13. The standard InChI is InChI=1S/C14H19F2NO/c15-12-6-10(8-18)11(7-13(12)16)14(9-17)4-2-1-3-5-14/h6-7,18H,1-5,8-9,17H2. The molecule has 0 aromatic heterocycles. The first-order valence-corrected chi connectivity index (χ1v) is 6.42. The number of aliphatic hydroxyl groups excluding tert-OH is 1. The van der Waals surface area contributed by atoms with Crippen LogP contribution in [0, 0.1) is 11.6 Å². The van der Waals surface area contributed by atoms with Gasteiger partial charge in [0.25, 0.3) is 0 Å². The Balaban J connectivity index is 2.49. The molecule has 0 aliphatic heterocycles. The van der Waals surface area contributed by atoms with Crippen molar-refractivity contribution >= 4 is 0 Å². The zero-order valence-corrected chi connectivity index (χ0v) is 10.4.